The molecule has 0 bridgehead atoms. The van der Waals surface area contributed by atoms with E-state index in [1.165, 1.54) is 12.1 Å². The number of rotatable bonds is 1. The van der Waals surface area contributed by atoms with Gasteiger partial charge in [-0.15, -0.1) is 0 Å². The molecule has 114 valence electrons. The zero-order valence-electron chi connectivity index (χ0n) is 11.1. The fourth-order valence-corrected chi connectivity index (χ4v) is 2.41. The van der Waals surface area contributed by atoms with Crippen molar-refractivity contribution in [1.82, 2.24) is 0 Å². The van der Waals surface area contributed by atoms with Gasteiger partial charge in [0, 0.05) is 23.8 Å². The number of fused-ring (bicyclic) bond motifs is 1. The van der Waals surface area contributed by atoms with E-state index >= 15 is 0 Å². The molecule has 22 heavy (non-hydrogen) atoms. The summed E-state index contributed by atoms with van der Waals surface area (Å²) < 4.78 is 5.41. The molecule has 2 aromatic carbocycles. The molecule has 7 heteroatoms. The highest BCUT2D eigenvalue weighted by atomic mass is 16.5. The van der Waals surface area contributed by atoms with Crippen molar-refractivity contribution in [3.05, 3.63) is 41.5 Å². The number of Topliss-reactive ketones (excluding diaryl/α,β-unsaturated/α-hetero) is 1. The number of carbonyl (C=O) groups excluding carboxylic acids is 1. The minimum atomic E-state index is -1.66. The number of aliphatic hydroxyl groups is 1. The molecule has 2 unspecified atom stereocenters. The van der Waals surface area contributed by atoms with Gasteiger partial charge in [0.15, 0.2) is 6.10 Å². The van der Waals surface area contributed by atoms with Gasteiger partial charge in [0.2, 0.25) is 5.78 Å². The molecule has 0 saturated carbocycles. The third kappa shape index (κ3) is 2.08. The lowest BCUT2D eigenvalue weighted by atomic mass is 9.92. The Labute approximate surface area is 124 Å². The lowest BCUT2D eigenvalue weighted by molar-refractivity contribution is -0.137. The molecule has 0 fully saturated rings. The lowest BCUT2D eigenvalue weighted by Crippen LogP contribution is -2.30. The molecule has 1 heterocycles. The van der Waals surface area contributed by atoms with Crippen molar-refractivity contribution >= 4 is 5.78 Å². The molecular weight excluding hydrogens is 292 g/mol. The van der Waals surface area contributed by atoms with E-state index in [4.69, 9.17) is 4.74 Å². The first kappa shape index (κ1) is 14.0. The molecule has 0 radical (unpaired) electrons. The molecule has 1 aliphatic rings. The van der Waals surface area contributed by atoms with Crippen LogP contribution in [0.4, 0.5) is 0 Å². The van der Waals surface area contributed by atoms with Crippen LogP contribution in [-0.2, 0) is 4.79 Å². The van der Waals surface area contributed by atoms with E-state index in [2.05, 4.69) is 0 Å². The van der Waals surface area contributed by atoms with Gasteiger partial charge < -0.3 is 30.3 Å². The van der Waals surface area contributed by atoms with Crippen molar-refractivity contribution in [1.29, 1.82) is 0 Å². The Hall–Kier alpha value is -2.93. The maximum Gasteiger partial charge on any atom is 0.211 e. The normalized spacial score (nSPS) is 20.3. The van der Waals surface area contributed by atoms with Gasteiger partial charge in [-0.3, -0.25) is 4.79 Å². The van der Waals surface area contributed by atoms with Gasteiger partial charge in [0.25, 0.3) is 0 Å². The number of phenols is 4. The summed E-state index contributed by atoms with van der Waals surface area (Å²) in [5, 5.41) is 48.4. The second-order valence-corrected chi connectivity index (χ2v) is 4.92. The minimum Gasteiger partial charge on any atom is -0.508 e. The van der Waals surface area contributed by atoms with Crippen molar-refractivity contribution in [2.45, 2.75) is 12.2 Å². The Morgan fingerprint density at radius 3 is 2.27 bits per heavy atom. The summed E-state index contributed by atoms with van der Waals surface area (Å²) in [6.45, 7) is 0. The third-order valence-electron chi connectivity index (χ3n) is 3.45. The van der Waals surface area contributed by atoms with Gasteiger partial charge in [0.1, 0.15) is 34.9 Å². The van der Waals surface area contributed by atoms with E-state index < -0.39 is 23.7 Å². The van der Waals surface area contributed by atoms with Crippen LogP contribution in [0.2, 0.25) is 0 Å². The van der Waals surface area contributed by atoms with Crippen LogP contribution in [0.5, 0.6) is 28.7 Å². The van der Waals surface area contributed by atoms with Gasteiger partial charge >= 0.3 is 0 Å². The number of phenolic OH excluding ortho intramolecular Hbond substituents is 4. The van der Waals surface area contributed by atoms with Gasteiger partial charge in [-0.25, -0.2) is 0 Å². The fraction of sp³-hybridized carbons (Fsp3) is 0.133. The predicted molar refractivity (Wildman–Crippen MR) is 72.9 cm³/mol. The second kappa shape index (κ2) is 4.81. The summed E-state index contributed by atoms with van der Waals surface area (Å²) in [6, 6.07) is 5.71. The smallest absolute Gasteiger partial charge is 0.211 e. The van der Waals surface area contributed by atoms with Crippen LogP contribution >= 0.6 is 0 Å². The van der Waals surface area contributed by atoms with Crippen LogP contribution < -0.4 is 4.74 Å². The van der Waals surface area contributed by atoms with Crippen LogP contribution in [0, 0.1) is 0 Å². The maximum absolute atomic E-state index is 12.2. The second-order valence-electron chi connectivity index (χ2n) is 4.92. The average molecular weight is 304 g/mol. The molecule has 2 aromatic rings. The number of benzene rings is 2. The minimum absolute atomic E-state index is 0.0512. The SMILES string of the molecule is O=C1C(O)c2c(O)cc(O)cc2OC1c1ccc(O)cc1O. The predicted octanol–water partition coefficient (Wildman–Crippen LogP) is 1.25. The number of hydrogen-bond acceptors (Lipinski definition) is 7. The van der Waals surface area contributed by atoms with Gasteiger partial charge in [-0.2, -0.15) is 0 Å². The maximum atomic E-state index is 12.2. The highest BCUT2D eigenvalue weighted by molar-refractivity contribution is 5.93. The van der Waals surface area contributed by atoms with Gasteiger partial charge in [-0.1, -0.05) is 0 Å². The molecular formula is C15H12O7. The number of aromatic hydroxyl groups is 4. The molecule has 7 nitrogen and oxygen atoms in total. The van der Waals surface area contributed by atoms with Crippen LogP contribution in [-0.4, -0.2) is 31.3 Å². The fourth-order valence-electron chi connectivity index (χ4n) is 2.41. The van der Waals surface area contributed by atoms with Crippen LogP contribution in [0.3, 0.4) is 0 Å². The third-order valence-corrected chi connectivity index (χ3v) is 3.45. The highest BCUT2D eigenvalue weighted by Gasteiger charge is 2.40. The van der Waals surface area contributed by atoms with Crippen molar-refractivity contribution in [3.8, 4) is 28.7 Å². The summed E-state index contributed by atoms with van der Waals surface area (Å²) in [7, 11) is 0. The Balaban J connectivity index is 2.11. The summed E-state index contributed by atoms with van der Waals surface area (Å²) in [6.07, 6.45) is -2.99. The van der Waals surface area contributed by atoms with E-state index in [9.17, 15) is 30.3 Å². The van der Waals surface area contributed by atoms with Gasteiger partial charge in [-0.05, 0) is 12.1 Å². The highest BCUT2D eigenvalue weighted by Crippen LogP contribution is 2.46. The molecule has 0 aliphatic carbocycles. The number of ketones is 1. The Kier molecular flexibility index (Phi) is 3.07. The van der Waals surface area contributed by atoms with E-state index in [1.807, 2.05) is 0 Å². The van der Waals surface area contributed by atoms with Crippen LogP contribution in [0.15, 0.2) is 30.3 Å². The summed E-state index contributed by atoms with van der Waals surface area (Å²) in [5.74, 6) is -2.19. The van der Waals surface area contributed by atoms with Crippen molar-refractivity contribution < 1.29 is 35.1 Å². The zero-order chi connectivity index (χ0) is 16.0. The molecule has 1 aliphatic heterocycles. The largest absolute Gasteiger partial charge is 0.508 e. The van der Waals surface area contributed by atoms with Crippen molar-refractivity contribution in [3.63, 3.8) is 0 Å². The Morgan fingerprint density at radius 2 is 1.59 bits per heavy atom. The first-order valence-electron chi connectivity index (χ1n) is 6.34. The monoisotopic (exact) mass is 304 g/mol. The number of carbonyl (C=O) groups is 1. The Bertz CT molecular complexity index is 769. The van der Waals surface area contributed by atoms with E-state index in [0.29, 0.717) is 0 Å². The number of aliphatic hydroxyl groups excluding tert-OH is 1. The molecule has 0 aromatic heterocycles. The van der Waals surface area contributed by atoms with Crippen LogP contribution in [0.1, 0.15) is 23.3 Å². The molecule has 2 atom stereocenters. The van der Waals surface area contributed by atoms with E-state index in [0.717, 1.165) is 18.2 Å². The van der Waals surface area contributed by atoms with E-state index in [1.54, 1.807) is 0 Å². The first-order chi connectivity index (χ1) is 10.4. The quantitative estimate of drug-likeness (QED) is 0.536. The number of hydrogen-bond donors (Lipinski definition) is 5. The van der Waals surface area contributed by atoms with Crippen molar-refractivity contribution in [2.75, 3.05) is 0 Å². The van der Waals surface area contributed by atoms with E-state index in [-0.39, 0.29) is 34.1 Å². The molecule has 0 spiro atoms. The molecule has 0 saturated heterocycles. The van der Waals surface area contributed by atoms with Gasteiger partial charge in [0.05, 0.1) is 5.56 Å². The zero-order valence-corrected chi connectivity index (χ0v) is 11.1. The molecule has 0 amide bonds. The topological polar surface area (TPSA) is 127 Å². The first-order valence-corrected chi connectivity index (χ1v) is 6.34. The Morgan fingerprint density at radius 1 is 0.909 bits per heavy atom. The summed E-state index contributed by atoms with van der Waals surface area (Å²) in [5.41, 5.74) is -0.0901. The standard InChI is InChI=1S/C15H12O7/c16-6-1-2-8(9(18)3-6)15-14(21)13(20)12-10(19)4-7(17)5-11(12)22-15/h1-5,13,15-20H. The lowest BCUT2D eigenvalue weighted by Gasteiger charge is -2.29. The molecule has 3 rings (SSSR count). The summed E-state index contributed by atoms with van der Waals surface area (Å²) in [4.78, 5) is 12.2. The average Bonchev–Trinajstić information content (AvgIpc) is 2.42. The number of ether oxygens (including phenoxy) is 1. The van der Waals surface area contributed by atoms with Crippen LogP contribution in [0.25, 0.3) is 0 Å². The van der Waals surface area contributed by atoms with Crippen molar-refractivity contribution in [2.24, 2.45) is 0 Å². The molecule has 5 N–H and O–H groups in total. The summed E-state index contributed by atoms with van der Waals surface area (Å²) >= 11 is 0.